The summed E-state index contributed by atoms with van der Waals surface area (Å²) >= 11 is 0. The van der Waals surface area contributed by atoms with Crippen LogP contribution in [0.4, 0.5) is 4.39 Å². The van der Waals surface area contributed by atoms with E-state index < -0.39 is 0 Å². The fourth-order valence-corrected chi connectivity index (χ4v) is 3.71. The molecule has 1 aromatic rings. The summed E-state index contributed by atoms with van der Waals surface area (Å²) in [5.74, 6) is 0.0864. The van der Waals surface area contributed by atoms with Crippen LogP contribution in [0.25, 0.3) is 0 Å². The molecule has 0 aliphatic carbocycles. The van der Waals surface area contributed by atoms with Crippen LogP contribution in [0.2, 0.25) is 0 Å². The highest BCUT2D eigenvalue weighted by molar-refractivity contribution is 5.79. The molecule has 2 aliphatic rings. The molecular weight excluding hydrogens is 321 g/mol. The van der Waals surface area contributed by atoms with E-state index in [-0.39, 0.29) is 23.7 Å². The number of piperidine rings is 1. The van der Waals surface area contributed by atoms with Gasteiger partial charge in [-0.05, 0) is 37.0 Å². The van der Waals surface area contributed by atoms with Gasteiger partial charge in [-0.3, -0.25) is 9.59 Å². The topological polar surface area (TPSA) is 52.7 Å². The summed E-state index contributed by atoms with van der Waals surface area (Å²) in [7, 11) is 0. The second kappa shape index (κ2) is 7.95. The molecule has 2 amide bonds. The predicted octanol–water partition coefficient (Wildman–Crippen LogP) is 1.57. The lowest BCUT2D eigenvalue weighted by molar-refractivity contribution is -0.130. The van der Waals surface area contributed by atoms with Gasteiger partial charge in [-0.1, -0.05) is 12.1 Å². The molecule has 6 heteroatoms. The predicted molar refractivity (Wildman–Crippen MR) is 93.5 cm³/mol. The van der Waals surface area contributed by atoms with Gasteiger partial charge in [0.15, 0.2) is 0 Å². The Hall–Kier alpha value is -1.95. The zero-order valence-corrected chi connectivity index (χ0v) is 14.7. The fourth-order valence-electron chi connectivity index (χ4n) is 3.71. The molecule has 1 aromatic carbocycles. The summed E-state index contributed by atoms with van der Waals surface area (Å²) in [6.07, 6.45) is 3.17. The third kappa shape index (κ3) is 4.78. The molecule has 3 rings (SSSR count). The second-order valence-corrected chi connectivity index (χ2v) is 7.06. The van der Waals surface area contributed by atoms with E-state index >= 15 is 0 Å². The Morgan fingerprint density at radius 3 is 2.52 bits per heavy atom. The van der Waals surface area contributed by atoms with E-state index in [1.807, 2.05) is 9.80 Å². The molecule has 2 saturated heterocycles. The summed E-state index contributed by atoms with van der Waals surface area (Å²) in [5, 5.41) is 3.59. The summed E-state index contributed by atoms with van der Waals surface area (Å²) in [6, 6.07) is 7.03. The van der Waals surface area contributed by atoms with Gasteiger partial charge in [-0.15, -0.1) is 0 Å². The van der Waals surface area contributed by atoms with E-state index in [0.29, 0.717) is 19.0 Å². The van der Waals surface area contributed by atoms with E-state index in [1.54, 1.807) is 19.1 Å². The molecule has 2 aliphatic heterocycles. The van der Waals surface area contributed by atoms with Crippen molar-refractivity contribution in [3.05, 3.63) is 35.6 Å². The average Bonchev–Trinajstić information content (AvgIpc) is 2.94. The normalized spacial score (nSPS) is 21.8. The fraction of sp³-hybridized carbons (Fsp3) is 0.579. The lowest BCUT2D eigenvalue weighted by atomic mass is 10.0. The molecule has 2 heterocycles. The molecule has 1 atom stereocenters. The number of hydrogen-bond acceptors (Lipinski definition) is 3. The van der Waals surface area contributed by atoms with Crippen LogP contribution in [0.15, 0.2) is 24.3 Å². The number of carbonyl (C=O) groups is 2. The number of hydrogen-bond donors (Lipinski definition) is 1. The van der Waals surface area contributed by atoms with E-state index in [1.165, 1.54) is 12.1 Å². The van der Waals surface area contributed by atoms with Gasteiger partial charge in [0.2, 0.25) is 11.8 Å². The maximum atomic E-state index is 12.9. The molecule has 136 valence electrons. The average molecular weight is 347 g/mol. The monoisotopic (exact) mass is 347 g/mol. The highest BCUT2D eigenvalue weighted by Gasteiger charge is 2.31. The molecule has 0 saturated carbocycles. The SMILES string of the molecule is CC(=O)N1CCC(N[C@H]2CC(=O)N(CCc3ccc(F)cc3)C2)CC1. The van der Waals surface area contributed by atoms with Gasteiger partial charge in [0.25, 0.3) is 0 Å². The van der Waals surface area contributed by atoms with Crippen molar-refractivity contribution >= 4 is 11.8 Å². The van der Waals surface area contributed by atoms with Crippen molar-refractivity contribution in [2.45, 2.75) is 44.7 Å². The Morgan fingerprint density at radius 2 is 1.88 bits per heavy atom. The van der Waals surface area contributed by atoms with Crippen molar-refractivity contribution < 1.29 is 14.0 Å². The van der Waals surface area contributed by atoms with Crippen molar-refractivity contribution in [3.8, 4) is 0 Å². The van der Waals surface area contributed by atoms with Gasteiger partial charge in [0.1, 0.15) is 5.82 Å². The Bertz CT molecular complexity index is 612. The van der Waals surface area contributed by atoms with Gasteiger partial charge in [0.05, 0.1) is 0 Å². The van der Waals surface area contributed by atoms with Gasteiger partial charge in [0, 0.05) is 51.6 Å². The summed E-state index contributed by atoms with van der Waals surface area (Å²) < 4.78 is 12.9. The number of likely N-dealkylation sites (tertiary alicyclic amines) is 2. The molecule has 0 bridgehead atoms. The quantitative estimate of drug-likeness (QED) is 0.880. The maximum Gasteiger partial charge on any atom is 0.224 e. The third-order valence-corrected chi connectivity index (χ3v) is 5.21. The van der Waals surface area contributed by atoms with E-state index in [2.05, 4.69) is 5.32 Å². The van der Waals surface area contributed by atoms with Crippen molar-refractivity contribution in [2.75, 3.05) is 26.2 Å². The van der Waals surface area contributed by atoms with E-state index in [4.69, 9.17) is 0 Å². The highest BCUT2D eigenvalue weighted by Crippen LogP contribution is 2.17. The first kappa shape index (κ1) is 17.9. The Morgan fingerprint density at radius 1 is 1.20 bits per heavy atom. The number of nitrogens with one attached hydrogen (secondary N) is 1. The van der Waals surface area contributed by atoms with Crippen molar-refractivity contribution in [3.63, 3.8) is 0 Å². The second-order valence-electron chi connectivity index (χ2n) is 7.06. The van der Waals surface area contributed by atoms with Crippen LogP contribution < -0.4 is 5.32 Å². The molecule has 5 nitrogen and oxygen atoms in total. The molecule has 25 heavy (non-hydrogen) atoms. The first-order valence-corrected chi connectivity index (χ1v) is 9.05. The van der Waals surface area contributed by atoms with Crippen molar-refractivity contribution in [1.82, 2.24) is 15.1 Å². The first-order chi connectivity index (χ1) is 12.0. The first-order valence-electron chi connectivity index (χ1n) is 9.05. The number of amides is 2. The lowest BCUT2D eigenvalue weighted by Gasteiger charge is -2.33. The zero-order valence-electron chi connectivity index (χ0n) is 14.7. The minimum absolute atomic E-state index is 0.140. The summed E-state index contributed by atoms with van der Waals surface area (Å²) in [4.78, 5) is 27.4. The largest absolute Gasteiger partial charge is 0.343 e. The Labute approximate surface area is 148 Å². The Kier molecular flexibility index (Phi) is 5.68. The molecule has 1 N–H and O–H groups in total. The molecular formula is C19H26FN3O2. The maximum absolute atomic E-state index is 12.9. The molecule has 0 aromatic heterocycles. The molecule has 0 radical (unpaired) electrons. The van der Waals surface area contributed by atoms with E-state index in [0.717, 1.165) is 44.5 Å². The number of rotatable bonds is 5. The van der Waals surface area contributed by atoms with Crippen molar-refractivity contribution in [1.29, 1.82) is 0 Å². The number of halogens is 1. The minimum Gasteiger partial charge on any atom is -0.343 e. The van der Waals surface area contributed by atoms with E-state index in [9.17, 15) is 14.0 Å². The molecule has 0 unspecified atom stereocenters. The van der Waals surface area contributed by atoms with Crippen LogP contribution >= 0.6 is 0 Å². The standard InChI is InChI=1S/C19H26FN3O2/c1-14(24)22-10-7-17(8-11-22)21-18-12-19(25)23(13-18)9-6-15-2-4-16(20)5-3-15/h2-5,17-18,21H,6-13H2,1H3/t18-/m0/s1. The smallest absolute Gasteiger partial charge is 0.224 e. The molecule has 2 fully saturated rings. The lowest BCUT2D eigenvalue weighted by Crippen LogP contribution is -2.48. The van der Waals surface area contributed by atoms with Crippen LogP contribution in [0.1, 0.15) is 31.7 Å². The van der Waals surface area contributed by atoms with Crippen LogP contribution in [0, 0.1) is 5.82 Å². The zero-order chi connectivity index (χ0) is 17.8. The minimum atomic E-state index is -0.235. The van der Waals surface area contributed by atoms with Crippen LogP contribution in [0.3, 0.4) is 0 Å². The number of benzene rings is 1. The molecule has 0 spiro atoms. The van der Waals surface area contributed by atoms with Crippen LogP contribution in [-0.2, 0) is 16.0 Å². The third-order valence-electron chi connectivity index (χ3n) is 5.21. The van der Waals surface area contributed by atoms with Crippen LogP contribution in [-0.4, -0.2) is 59.9 Å². The van der Waals surface area contributed by atoms with Crippen molar-refractivity contribution in [2.24, 2.45) is 0 Å². The van der Waals surface area contributed by atoms with Gasteiger partial charge < -0.3 is 15.1 Å². The highest BCUT2D eigenvalue weighted by atomic mass is 19.1. The Balaban J connectivity index is 1.43. The summed E-state index contributed by atoms with van der Waals surface area (Å²) in [5.41, 5.74) is 1.04. The number of nitrogens with zero attached hydrogens (tertiary/aromatic N) is 2. The van der Waals surface area contributed by atoms with Gasteiger partial charge in [-0.2, -0.15) is 0 Å². The summed E-state index contributed by atoms with van der Waals surface area (Å²) in [6.45, 7) is 4.60. The van der Waals surface area contributed by atoms with Gasteiger partial charge in [-0.25, -0.2) is 4.39 Å². The van der Waals surface area contributed by atoms with Crippen LogP contribution in [0.5, 0.6) is 0 Å². The van der Waals surface area contributed by atoms with Gasteiger partial charge >= 0.3 is 0 Å². The number of carbonyl (C=O) groups excluding carboxylic acids is 2.